The summed E-state index contributed by atoms with van der Waals surface area (Å²) in [5.74, 6) is 1.79. The summed E-state index contributed by atoms with van der Waals surface area (Å²) in [5, 5.41) is 0. The quantitative estimate of drug-likeness (QED) is 0.655. The summed E-state index contributed by atoms with van der Waals surface area (Å²) in [6.45, 7) is 4.96. The van der Waals surface area contributed by atoms with Gasteiger partial charge in [0.05, 0.1) is 6.61 Å². The fraction of sp³-hybridized carbons (Fsp3) is 0.667. The van der Waals surface area contributed by atoms with E-state index in [1.807, 2.05) is 19.1 Å². The number of benzene rings is 1. The van der Waals surface area contributed by atoms with Crippen LogP contribution in [-0.2, 0) is 11.2 Å². The van der Waals surface area contributed by atoms with Crippen molar-refractivity contribution in [2.45, 2.75) is 65.1 Å². The zero-order valence-electron chi connectivity index (χ0n) is 12.9. The molecule has 112 valence electrons. The van der Waals surface area contributed by atoms with Crippen molar-refractivity contribution in [3.05, 3.63) is 29.8 Å². The first-order valence-electron chi connectivity index (χ1n) is 8.15. The Hall–Kier alpha value is -1.02. The maximum absolute atomic E-state index is 5.82. The molecule has 2 rings (SSSR count). The van der Waals surface area contributed by atoms with Gasteiger partial charge in [-0.05, 0) is 43.4 Å². The van der Waals surface area contributed by atoms with Crippen molar-refractivity contribution in [3.8, 4) is 5.75 Å². The monoisotopic (exact) mass is 276 g/mol. The van der Waals surface area contributed by atoms with Crippen LogP contribution in [-0.4, -0.2) is 12.9 Å². The Bertz CT molecular complexity index is 383. The van der Waals surface area contributed by atoms with Gasteiger partial charge >= 0.3 is 0 Å². The highest BCUT2D eigenvalue weighted by Crippen LogP contribution is 2.26. The van der Waals surface area contributed by atoms with Gasteiger partial charge in [0, 0.05) is 0 Å². The summed E-state index contributed by atoms with van der Waals surface area (Å²) in [6.07, 6.45) is 9.06. The third-order valence-electron chi connectivity index (χ3n) is 4.21. The Morgan fingerprint density at radius 1 is 1.20 bits per heavy atom. The lowest BCUT2D eigenvalue weighted by Gasteiger charge is -2.22. The van der Waals surface area contributed by atoms with Crippen LogP contribution < -0.4 is 4.74 Å². The second-order valence-corrected chi connectivity index (χ2v) is 5.85. The minimum absolute atomic E-state index is 0.161. The summed E-state index contributed by atoms with van der Waals surface area (Å²) >= 11 is 0. The number of hydrogen-bond acceptors (Lipinski definition) is 2. The van der Waals surface area contributed by atoms with Gasteiger partial charge in [0.15, 0.2) is 6.29 Å². The van der Waals surface area contributed by atoms with E-state index in [9.17, 15) is 0 Å². The van der Waals surface area contributed by atoms with Gasteiger partial charge in [0.2, 0.25) is 0 Å². The van der Waals surface area contributed by atoms with Gasteiger partial charge in [0.1, 0.15) is 5.75 Å². The smallest absolute Gasteiger partial charge is 0.196 e. The summed E-state index contributed by atoms with van der Waals surface area (Å²) in [6, 6.07) is 8.27. The SMILES string of the molecule is CCc1cccc(OC(C)OCCC2CCCCC2)c1. The molecule has 1 aromatic carbocycles. The van der Waals surface area contributed by atoms with Crippen LogP contribution in [0.5, 0.6) is 5.75 Å². The maximum Gasteiger partial charge on any atom is 0.196 e. The van der Waals surface area contributed by atoms with E-state index in [0.717, 1.165) is 24.7 Å². The van der Waals surface area contributed by atoms with Crippen molar-refractivity contribution >= 4 is 0 Å². The van der Waals surface area contributed by atoms with Crippen LogP contribution >= 0.6 is 0 Å². The number of aryl methyl sites for hydroxylation is 1. The highest BCUT2D eigenvalue weighted by atomic mass is 16.7. The first-order valence-corrected chi connectivity index (χ1v) is 8.15. The van der Waals surface area contributed by atoms with E-state index in [1.54, 1.807) is 0 Å². The molecule has 0 bridgehead atoms. The molecule has 0 spiro atoms. The van der Waals surface area contributed by atoms with Gasteiger partial charge in [-0.1, -0.05) is 51.2 Å². The molecule has 0 heterocycles. The minimum Gasteiger partial charge on any atom is -0.465 e. The molecule has 1 unspecified atom stereocenters. The van der Waals surface area contributed by atoms with Crippen LogP contribution in [0.1, 0.15) is 57.9 Å². The standard InChI is InChI=1S/C18H28O2/c1-3-16-10-7-11-18(14-16)20-15(2)19-13-12-17-8-5-4-6-9-17/h7,10-11,14-15,17H,3-6,8-9,12-13H2,1-2H3. The van der Waals surface area contributed by atoms with Crippen molar-refractivity contribution in [1.82, 2.24) is 0 Å². The molecule has 1 fully saturated rings. The predicted octanol–water partition coefficient (Wildman–Crippen LogP) is 4.96. The molecule has 20 heavy (non-hydrogen) atoms. The van der Waals surface area contributed by atoms with Crippen molar-refractivity contribution in [2.24, 2.45) is 5.92 Å². The van der Waals surface area contributed by atoms with Crippen molar-refractivity contribution < 1.29 is 9.47 Å². The summed E-state index contributed by atoms with van der Waals surface area (Å²) in [5.41, 5.74) is 1.30. The van der Waals surface area contributed by atoms with Crippen LogP contribution in [0.2, 0.25) is 0 Å². The predicted molar refractivity (Wildman–Crippen MR) is 83.1 cm³/mol. The zero-order valence-corrected chi connectivity index (χ0v) is 12.9. The molecular formula is C18H28O2. The normalized spacial score (nSPS) is 17.9. The van der Waals surface area contributed by atoms with Crippen LogP contribution in [0.4, 0.5) is 0 Å². The second kappa shape index (κ2) is 8.31. The van der Waals surface area contributed by atoms with Crippen molar-refractivity contribution in [2.75, 3.05) is 6.61 Å². The number of hydrogen-bond donors (Lipinski definition) is 0. The molecule has 2 heteroatoms. The molecule has 1 aliphatic rings. The highest BCUT2D eigenvalue weighted by Gasteiger charge is 2.13. The van der Waals surface area contributed by atoms with E-state index in [0.29, 0.717) is 0 Å². The van der Waals surface area contributed by atoms with E-state index in [-0.39, 0.29) is 6.29 Å². The van der Waals surface area contributed by atoms with Crippen LogP contribution in [0.15, 0.2) is 24.3 Å². The van der Waals surface area contributed by atoms with E-state index in [1.165, 1.54) is 44.1 Å². The van der Waals surface area contributed by atoms with E-state index in [4.69, 9.17) is 9.47 Å². The van der Waals surface area contributed by atoms with Gasteiger partial charge in [-0.3, -0.25) is 0 Å². The molecule has 1 aliphatic carbocycles. The Labute approximate surface area is 123 Å². The van der Waals surface area contributed by atoms with Gasteiger partial charge < -0.3 is 9.47 Å². The fourth-order valence-electron chi connectivity index (χ4n) is 2.94. The fourth-order valence-corrected chi connectivity index (χ4v) is 2.94. The topological polar surface area (TPSA) is 18.5 Å². The Morgan fingerprint density at radius 3 is 2.75 bits per heavy atom. The molecule has 1 atom stereocenters. The lowest BCUT2D eigenvalue weighted by molar-refractivity contribution is -0.0711. The lowest BCUT2D eigenvalue weighted by atomic mass is 9.87. The Balaban J connectivity index is 1.67. The Morgan fingerprint density at radius 2 is 2.00 bits per heavy atom. The van der Waals surface area contributed by atoms with Gasteiger partial charge in [-0.15, -0.1) is 0 Å². The van der Waals surface area contributed by atoms with Crippen molar-refractivity contribution in [1.29, 1.82) is 0 Å². The summed E-state index contributed by atoms with van der Waals surface area (Å²) in [4.78, 5) is 0. The first-order chi connectivity index (χ1) is 9.78. The average Bonchev–Trinajstić information content (AvgIpc) is 2.48. The number of ether oxygens (including phenoxy) is 2. The van der Waals surface area contributed by atoms with Gasteiger partial charge in [-0.25, -0.2) is 0 Å². The van der Waals surface area contributed by atoms with E-state index in [2.05, 4.69) is 19.1 Å². The van der Waals surface area contributed by atoms with Gasteiger partial charge in [-0.2, -0.15) is 0 Å². The van der Waals surface area contributed by atoms with Crippen LogP contribution in [0.3, 0.4) is 0 Å². The molecule has 0 aromatic heterocycles. The van der Waals surface area contributed by atoms with Crippen LogP contribution in [0.25, 0.3) is 0 Å². The van der Waals surface area contributed by atoms with E-state index >= 15 is 0 Å². The largest absolute Gasteiger partial charge is 0.465 e. The molecule has 0 saturated heterocycles. The summed E-state index contributed by atoms with van der Waals surface area (Å²) < 4.78 is 11.6. The minimum atomic E-state index is -0.161. The third-order valence-corrected chi connectivity index (χ3v) is 4.21. The molecule has 2 nitrogen and oxygen atoms in total. The van der Waals surface area contributed by atoms with E-state index < -0.39 is 0 Å². The molecule has 0 aliphatic heterocycles. The second-order valence-electron chi connectivity index (χ2n) is 5.85. The number of rotatable bonds is 7. The first kappa shape index (κ1) is 15.4. The zero-order chi connectivity index (χ0) is 14.2. The van der Waals surface area contributed by atoms with Crippen molar-refractivity contribution in [3.63, 3.8) is 0 Å². The Kier molecular flexibility index (Phi) is 6.38. The lowest BCUT2D eigenvalue weighted by Crippen LogP contribution is -2.19. The average molecular weight is 276 g/mol. The molecule has 1 saturated carbocycles. The molecule has 1 aromatic rings. The molecule has 0 radical (unpaired) electrons. The van der Waals surface area contributed by atoms with Crippen LogP contribution in [0, 0.1) is 5.92 Å². The maximum atomic E-state index is 5.82. The molecule has 0 amide bonds. The van der Waals surface area contributed by atoms with Gasteiger partial charge in [0.25, 0.3) is 0 Å². The molecule has 0 N–H and O–H groups in total. The molecular weight excluding hydrogens is 248 g/mol. The highest BCUT2D eigenvalue weighted by molar-refractivity contribution is 5.28. The summed E-state index contributed by atoms with van der Waals surface area (Å²) in [7, 11) is 0. The third kappa shape index (κ3) is 5.16.